The molecule has 75 heavy (non-hydrogen) atoms. The first-order valence-electron chi connectivity index (χ1n) is 26.4. The van der Waals surface area contributed by atoms with E-state index in [0.717, 1.165) is 22.7 Å². The standard InChI is InChI=1S/C69H60BN3S2/c1-43-35-59-64-60(36-43)73(65-44(2)37-50(38-45(65)3)69(7,8)9)66-55-41-49(68(4,5)6)30-34-62(55)75-67(66)70(64)56-32-31-53(71(51-24-15-11-16-25-51)52-26-17-12-18-27-52)42-58(56)72(59)57-33-29-48(39-54(57)46-21-13-10-14-22-46)63-40-47-23-19-20-28-61(47)74-63/h10-42H,1-9H3. The maximum Gasteiger partial charge on any atom is 0.264 e. The lowest BCUT2D eigenvalue weighted by Crippen LogP contribution is -2.60. The van der Waals surface area contributed by atoms with Crippen molar-refractivity contribution < 1.29 is 0 Å². The van der Waals surface area contributed by atoms with E-state index in [1.54, 1.807) is 0 Å². The van der Waals surface area contributed by atoms with Crippen LogP contribution >= 0.6 is 22.7 Å². The normalized spacial score (nSPS) is 13.1. The van der Waals surface area contributed by atoms with E-state index in [1.165, 1.54) is 114 Å². The first-order chi connectivity index (χ1) is 36.2. The zero-order valence-electron chi connectivity index (χ0n) is 44.3. The number of para-hydroxylation sites is 2. The summed E-state index contributed by atoms with van der Waals surface area (Å²) in [4.78, 5) is 8.99. The molecule has 0 saturated heterocycles. The van der Waals surface area contributed by atoms with Crippen LogP contribution in [0, 0.1) is 20.8 Å². The maximum atomic E-state index is 2.69. The highest BCUT2D eigenvalue weighted by Crippen LogP contribution is 2.53. The number of hydrogen-bond donors (Lipinski definition) is 0. The molecule has 0 N–H and O–H groups in total. The lowest BCUT2D eigenvalue weighted by atomic mass is 9.36. The third kappa shape index (κ3) is 7.92. The van der Waals surface area contributed by atoms with Crippen LogP contribution in [-0.2, 0) is 10.8 Å². The smallest absolute Gasteiger partial charge is 0.264 e. The number of nitrogens with zero attached hydrogens (tertiary/aromatic N) is 3. The van der Waals surface area contributed by atoms with E-state index in [4.69, 9.17) is 0 Å². The molecule has 3 nitrogen and oxygen atoms in total. The molecule has 0 unspecified atom stereocenters. The molecule has 11 aromatic rings. The van der Waals surface area contributed by atoms with Crippen molar-refractivity contribution >= 4 is 116 Å². The number of hydrogen-bond acceptors (Lipinski definition) is 5. The van der Waals surface area contributed by atoms with Crippen LogP contribution in [0.2, 0.25) is 0 Å². The van der Waals surface area contributed by atoms with Crippen molar-refractivity contribution in [1.29, 1.82) is 0 Å². The summed E-state index contributed by atoms with van der Waals surface area (Å²) >= 11 is 3.84. The van der Waals surface area contributed by atoms with Gasteiger partial charge in [0.25, 0.3) is 6.71 Å². The van der Waals surface area contributed by atoms with Gasteiger partial charge in [-0.05, 0) is 172 Å². The molecular weight excluding hydrogens is 946 g/mol. The van der Waals surface area contributed by atoms with E-state index in [2.05, 4.69) is 277 Å². The summed E-state index contributed by atoms with van der Waals surface area (Å²) in [5, 5.41) is 2.59. The molecule has 0 atom stereocenters. The Bertz CT molecular complexity index is 3930. The van der Waals surface area contributed by atoms with Gasteiger partial charge < -0.3 is 14.7 Å². The summed E-state index contributed by atoms with van der Waals surface area (Å²) in [5.41, 5.74) is 23.4. The summed E-state index contributed by atoms with van der Waals surface area (Å²) in [6, 6.07) is 75.4. The highest BCUT2D eigenvalue weighted by atomic mass is 32.1. The van der Waals surface area contributed by atoms with Crippen LogP contribution in [0.3, 0.4) is 0 Å². The predicted molar refractivity (Wildman–Crippen MR) is 328 cm³/mol. The Morgan fingerprint density at radius 3 is 1.72 bits per heavy atom. The van der Waals surface area contributed by atoms with Gasteiger partial charge in [0.05, 0.1) is 17.1 Å². The van der Waals surface area contributed by atoms with Gasteiger partial charge in [-0.15, -0.1) is 22.7 Å². The first kappa shape index (κ1) is 47.1. The number of benzene rings is 9. The predicted octanol–water partition coefficient (Wildman–Crippen LogP) is 18.5. The molecule has 2 aromatic heterocycles. The lowest BCUT2D eigenvalue weighted by Gasteiger charge is -2.44. The molecule has 0 radical (unpaired) electrons. The van der Waals surface area contributed by atoms with Gasteiger partial charge in [0.15, 0.2) is 0 Å². The fourth-order valence-corrected chi connectivity index (χ4v) is 14.3. The Labute approximate surface area is 451 Å². The topological polar surface area (TPSA) is 9.72 Å². The highest BCUT2D eigenvalue weighted by Gasteiger charge is 2.46. The summed E-state index contributed by atoms with van der Waals surface area (Å²) in [7, 11) is 0. The van der Waals surface area contributed by atoms with E-state index < -0.39 is 0 Å². The minimum absolute atomic E-state index is 0.00797. The van der Waals surface area contributed by atoms with Crippen LogP contribution in [0.1, 0.15) is 69.4 Å². The Balaban J connectivity index is 1.14. The van der Waals surface area contributed by atoms with Crippen molar-refractivity contribution in [2.45, 2.75) is 73.1 Å². The second-order valence-electron chi connectivity index (χ2n) is 22.8. The summed E-state index contributed by atoms with van der Waals surface area (Å²) in [6.45, 7) is 20.9. The Kier molecular flexibility index (Phi) is 11.2. The molecule has 2 aliphatic rings. The van der Waals surface area contributed by atoms with E-state index in [-0.39, 0.29) is 17.5 Å². The molecular formula is C69H60BN3S2. The van der Waals surface area contributed by atoms with Gasteiger partial charge in [-0.1, -0.05) is 157 Å². The second kappa shape index (κ2) is 17.8. The minimum atomic E-state index is -0.0352. The third-order valence-electron chi connectivity index (χ3n) is 15.6. The summed E-state index contributed by atoms with van der Waals surface area (Å²) < 4.78 is 3.99. The molecule has 13 rings (SSSR count). The van der Waals surface area contributed by atoms with Crippen molar-refractivity contribution in [3.63, 3.8) is 0 Å². The van der Waals surface area contributed by atoms with Crippen LogP contribution in [0.5, 0.6) is 0 Å². The highest BCUT2D eigenvalue weighted by molar-refractivity contribution is 7.33. The van der Waals surface area contributed by atoms with E-state index in [0.29, 0.717) is 0 Å². The summed E-state index contributed by atoms with van der Waals surface area (Å²) in [6.07, 6.45) is 0. The van der Waals surface area contributed by atoms with Gasteiger partial charge in [0, 0.05) is 64.1 Å². The quantitative estimate of drug-likeness (QED) is 0.147. The fourth-order valence-electron chi connectivity index (χ4n) is 11.9. The first-order valence-corrected chi connectivity index (χ1v) is 28.0. The van der Waals surface area contributed by atoms with E-state index >= 15 is 0 Å². The van der Waals surface area contributed by atoms with Crippen molar-refractivity contribution in [2.75, 3.05) is 14.7 Å². The van der Waals surface area contributed by atoms with Crippen molar-refractivity contribution in [3.8, 4) is 21.6 Å². The molecule has 0 saturated carbocycles. The Morgan fingerprint density at radius 1 is 0.440 bits per heavy atom. The number of thiophene rings is 2. The molecule has 0 bridgehead atoms. The maximum absolute atomic E-state index is 2.69. The average Bonchev–Trinajstić information content (AvgIpc) is 4.03. The van der Waals surface area contributed by atoms with Gasteiger partial charge in [-0.2, -0.15) is 0 Å². The number of fused-ring (bicyclic) bond motifs is 7. The molecule has 0 spiro atoms. The van der Waals surface area contributed by atoms with Crippen LogP contribution < -0.4 is 30.4 Å². The van der Waals surface area contributed by atoms with Gasteiger partial charge in [-0.25, -0.2) is 0 Å². The minimum Gasteiger partial charge on any atom is -0.311 e. The fraction of sp³-hybridized carbons (Fsp3) is 0.159. The van der Waals surface area contributed by atoms with E-state index in [9.17, 15) is 0 Å². The number of rotatable bonds is 7. The van der Waals surface area contributed by atoms with Gasteiger partial charge in [0.2, 0.25) is 0 Å². The van der Waals surface area contributed by atoms with Crippen LogP contribution in [0.4, 0.5) is 51.2 Å². The monoisotopic (exact) mass is 1010 g/mol. The number of anilines is 9. The molecule has 0 fully saturated rings. The zero-order valence-corrected chi connectivity index (χ0v) is 45.9. The van der Waals surface area contributed by atoms with Gasteiger partial charge >= 0.3 is 0 Å². The Hall–Kier alpha value is -7.64. The average molecular weight is 1010 g/mol. The molecule has 366 valence electrons. The van der Waals surface area contributed by atoms with Gasteiger partial charge in [-0.3, -0.25) is 0 Å². The van der Waals surface area contributed by atoms with Crippen molar-refractivity contribution in [3.05, 3.63) is 228 Å². The lowest BCUT2D eigenvalue weighted by molar-refractivity contribution is 0.589. The van der Waals surface area contributed by atoms with Crippen LogP contribution in [0.15, 0.2) is 200 Å². The van der Waals surface area contributed by atoms with Crippen molar-refractivity contribution in [2.24, 2.45) is 0 Å². The SMILES string of the molecule is Cc1cc2c3c(c1)N(c1c(C)cc(C(C)(C)C)cc1C)c1c(sc4ccc(C(C)(C)C)cc14)B3c1ccc(N(c3ccccc3)c3ccccc3)cc1N2c1ccc(-c2cc3ccccc3s2)cc1-c1ccccc1. The Morgan fingerprint density at radius 2 is 1.07 bits per heavy atom. The van der Waals surface area contributed by atoms with Gasteiger partial charge in [0.1, 0.15) is 0 Å². The zero-order chi connectivity index (χ0) is 51.5. The largest absolute Gasteiger partial charge is 0.311 e. The van der Waals surface area contributed by atoms with E-state index in [1.807, 2.05) is 22.7 Å². The van der Waals surface area contributed by atoms with Crippen LogP contribution in [-0.4, -0.2) is 6.71 Å². The van der Waals surface area contributed by atoms with Crippen molar-refractivity contribution in [1.82, 2.24) is 0 Å². The molecule has 2 aliphatic heterocycles. The molecule has 0 amide bonds. The second-order valence-corrected chi connectivity index (χ2v) is 25.0. The third-order valence-corrected chi connectivity index (χ3v) is 17.9. The summed E-state index contributed by atoms with van der Waals surface area (Å²) in [5.74, 6) is 0. The number of aryl methyl sites for hydroxylation is 3. The molecule has 9 aromatic carbocycles. The molecule has 4 heterocycles. The molecule has 6 heteroatoms. The van der Waals surface area contributed by atoms with Crippen LogP contribution in [0.25, 0.3) is 41.7 Å². The molecule has 0 aliphatic carbocycles.